The quantitative estimate of drug-likeness (QED) is 0.178. The van der Waals surface area contributed by atoms with Gasteiger partial charge in [-0.1, -0.05) is 127 Å². The van der Waals surface area contributed by atoms with Gasteiger partial charge in [-0.3, -0.25) is 0 Å². The summed E-state index contributed by atoms with van der Waals surface area (Å²) >= 11 is 1.85. The van der Waals surface area contributed by atoms with Gasteiger partial charge in [0.1, 0.15) is 11.2 Å². The molecule has 0 saturated heterocycles. The second-order valence-electron chi connectivity index (χ2n) is 12.7. The van der Waals surface area contributed by atoms with Crippen LogP contribution in [0.15, 0.2) is 156 Å². The molecular formula is C45H25N3OS. The fourth-order valence-corrected chi connectivity index (χ4v) is 8.94. The van der Waals surface area contributed by atoms with Crippen molar-refractivity contribution in [2.24, 2.45) is 0 Å². The van der Waals surface area contributed by atoms with Crippen molar-refractivity contribution < 1.29 is 4.42 Å². The van der Waals surface area contributed by atoms with Gasteiger partial charge in [-0.15, -0.1) is 11.3 Å². The van der Waals surface area contributed by atoms with E-state index in [2.05, 4.69) is 109 Å². The van der Waals surface area contributed by atoms with Crippen LogP contribution in [-0.4, -0.2) is 15.0 Å². The molecule has 11 rings (SSSR count). The molecule has 0 aliphatic heterocycles. The number of hydrogen-bond acceptors (Lipinski definition) is 5. The lowest BCUT2D eigenvalue weighted by Crippen LogP contribution is -2.01. The Kier molecular flexibility index (Phi) is 5.80. The summed E-state index contributed by atoms with van der Waals surface area (Å²) in [5.74, 6) is 1.83. The molecule has 0 aliphatic rings. The molecule has 0 atom stereocenters. The molecule has 8 aromatic carbocycles. The van der Waals surface area contributed by atoms with Gasteiger partial charge in [-0.05, 0) is 51.2 Å². The Morgan fingerprint density at radius 3 is 1.86 bits per heavy atom. The third kappa shape index (κ3) is 4.01. The van der Waals surface area contributed by atoms with Crippen LogP contribution in [0.25, 0.3) is 109 Å². The molecule has 0 fully saturated rings. The van der Waals surface area contributed by atoms with E-state index in [1.807, 2.05) is 53.8 Å². The molecular weight excluding hydrogens is 631 g/mol. The van der Waals surface area contributed by atoms with Crippen molar-refractivity contribution in [2.45, 2.75) is 0 Å². The first-order valence-corrected chi connectivity index (χ1v) is 17.5. The van der Waals surface area contributed by atoms with Gasteiger partial charge in [0.25, 0.3) is 0 Å². The van der Waals surface area contributed by atoms with Crippen molar-refractivity contribution in [3.63, 3.8) is 0 Å². The summed E-state index contributed by atoms with van der Waals surface area (Å²) in [6, 6.07) is 53.1. The predicted molar refractivity (Wildman–Crippen MR) is 209 cm³/mol. The Bertz CT molecular complexity index is 3160. The summed E-state index contributed by atoms with van der Waals surface area (Å²) in [7, 11) is 0. The van der Waals surface area contributed by atoms with Gasteiger partial charge in [0.05, 0.1) is 5.56 Å². The highest BCUT2D eigenvalue weighted by Gasteiger charge is 2.22. The largest absolute Gasteiger partial charge is 0.455 e. The molecule has 0 N–H and O–H groups in total. The van der Waals surface area contributed by atoms with Gasteiger partial charge in [0.2, 0.25) is 0 Å². The second-order valence-corrected chi connectivity index (χ2v) is 13.8. The van der Waals surface area contributed by atoms with Crippen LogP contribution < -0.4 is 0 Å². The summed E-state index contributed by atoms with van der Waals surface area (Å²) in [5.41, 5.74) is 4.36. The van der Waals surface area contributed by atoms with Gasteiger partial charge >= 0.3 is 0 Å². The lowest BCUT2D eigenvalue weighted by atomic mass is 9.94. The maximum absolute atomic E-state index is 6.49. The van der Waals surface area contributed by atoms with Crippen LogP contribution in [0.1, 0.15) is 0 Å². The standard InChI is InChI=1S/C45H25N3OS/c1-2-13-28(14-3-1)43-46-44(34-19-10-18-33-32-17-8-9-20-36(32)49-41(33)34)48-45(47-43)35-25-29-22-21-26-11-4-6-15-30(26)38(29)42-40(35)39-31-16-7-5-12-27(31)23-24-37(39)50-42/h1-25H. The van der Waals surface area contributed by atoms with Crippen molar-refractivity contribution >= 4 is 85.8 Å². The highest BCUT2D eigenvalue weighted by atomic mass is 32.1. The molecule has 232 valence electrons. The van der Waals surface area contributed by atoms with Gasteiger partial charge < -0.3 is 4.42 Å². The fourth-order valence-electron chi connectivity index (χ4n) is 7.62. The number of thiophene rings is 1. The number of furan rings is 1. The van der Waals surface area contributed by atoms with Crippen molar-refractivity contribution in [3.8, 4) is 34.2 Å². The van der Waals surface area contributed by atoms with Gasteiger partial charge in [0, 0.05) is 47.5 Å². The minimum absolute atomic E-state index is 0.578. The lowest BCUT2D eigenvalue weighted by Gasteiger charge is -2.13. The van der Waals surface area contributed by atoms with Gasteiger partial charge in [-0.25, -0.2) is 15.0 Å². The van der Waals surface area contributed by atoms with Crippen LogP contribution in [0, 0.1) is 0 Å². The maximum atomic E-state index is 6.49. The zero-order valence-corrected chi connectivity index (χ0v) is 27.4. The van der Waals surface area contributed by atoms with E-state index in [0.717, 1.165) is 44.0 Å². The van der Waals surface area contributed by atoms with Crippen molar-refractivity contribution in [3.05, 3.63) is 152 Å². The molecule has 50 heavy (non-hydrogen) atoms. The minimum Gasteiger partial charge on any atom is -0.455 e. The van der Waals surface area contributed by atoms with E-state index in [-0.39, 0.29) is 0 Å². The Morgan fingerprint density at radius 2 is 1.04 bits per heavy atom. The molecule has 4 nitrogen and oxygen atoms in total. The SMILES string of the molecule is c1ccc(-c2nc(-c3cccc4c3oc3ccccc34)nc(-c3cc4ccc5ccccc5c4c4sc5ccc6ccccc6c5c34)n2)cc1. The number of aromatic nitrogens is 3. The molecule has 0 amide bonds. The normalized spacial score (nSPS) is 12.0. The highest BCUT2D eigenvalue weighted by Crippen LogP contribution is 2.48. The molecule has 3 heterocycles. The Balaban J connectivity index is 1.30. The monoisotopic (exact) mass is 655 g/mol. The van der Waals surface area contributed by atoms with E-state index >= 15 is 0 Å². The first-order chi connectivity index (χ1) is 24.8. The van der Waals surface area contributed by atoms with Crippen LogP contribution in [0.5, 0.6) is 0 Å². The number of rotatable bonds is 3. The number of benzene rings is 8. The first-order valence-electron chi connectivity index (χ1n) is 16.7. The molecule has 0 saturated carbocycles. The van der Waals surface area contributed by atoms with E-state index in [4.69, 9.17) is 19.4 Å². The predicted octanol–water partition coefficient (Wildman–Crippen LogP) is 12.6. The zero-order valence-electron chi connectivity index (χ0n) is 26.6. The molecule has 5 heteroatoms. The Morgan fingerprint density at radius 1 is 0.420 bits per heavy atom. The third-order valence-electron chi connectivity index (χ3n) is 9.89. The second kappa shape index (κ2) is 10.5. The topological polar surface area (TPSA) is 51.8 Å². The van der Waals surface area contributed by atoms with Gasteiger partial charge in [0.15, 0.2) is 17.5 Å². The van der Waals surface area contributed by atoms with E-state index in [1.165, 1.54) is 47.1 Å². The van der Waals surface area contributed by atoms with Crippen LogP contribution in [0.3, 0.4) is 0 Å². The number of nitrogens with zero attached hydrogens (tertiary/aromatic N) is 3. The molecule has 0 radical (unpaired) electrons. The summed E-state index contributed by atoms with van der Waals surface area (Å²) in [6.07, 6.45) is 0. The first kappa shape index (κ1) is 27.5. The van der Waals surface area contributed by atoms with E-state index in [9.17, 15) is 0 Å². The summed E-state index contributed by atoms with van der Waals surface area (Å²) < 4.78 is 8.97. The van der Waals surface area contributed by atoms with Crippen LogP contribution in [-0.2, 0) is 0 Å². The average molecular weight is 656 g/mol. The minimum atomic E-state index is 0.578. The maximum Gasteiger partial charge on any atom is 0.167 e. The molecule has 0 unspecified atom stereocenters. The smallest absolute Gasteiger partial charge is 0.167 e. The van der Waals surface area contributed by atoms with Crippen LogP contribution in [0.4, 0.5) is 0 Å². The lowest BCUT2D eigenvalue weighted by molar-refractivity contribution is 0.669. The van der Waals surface area contributed by atoms with E-state index in [0.29, 0.717) is 17.5 Å². The van der Waals surface area contributed by atoms with Crippen LogP contribution in [0.2, 0.25) is 0 Å². The van der Waals surface area contributed by atoms with Crippen molar-refractivity contribution in [1.29, 1.82) is 0 Å². The van der Waals surface area contributed by atoms with E-state index < -0.39 is 0 Å². The highest BCUT2D eigenvalue weighted by molar-refractivity contribution is 7.27. The molecule has 0 spiro atoms. The summed E-state index contributed by atoms with van der Waals surface area (Å²) in [5, 5.41) is 11.8. The molecule has 11 aromatic rings. The summed E-state index contributed by atoms with van der Waals surface area (Å²) in [6.45, 7) is 0. The van der Waals surface area contributed by atoms with Crippen LogP contribution >= 0.6 is 11.3 Å². The summed E-state index contributed by atoms with van der Waals surface area (Å²) in [4.78, 5) is 15.7. The van der Waals surface area contributed by atoms with E-state index in [1.54, 1.807) is 0 Å². The van der Waals surface area contributed by atoms with Gasteiger partial charge in [-0.2, -0.15) is 0 Å². The number of fused-ring (bicyclic) bond motifs is 12. The molecule has 0 bridgehead atoms. The van der Waals surface area contributed by atoms with Crippen molar-refractivity contribution in [2.75, 3.05) is 0 Å². The average Bonchev–Trinajstić information content (AvgIpc) is 3.77. The Hall–Kier alpha value is -6.43. The third-order valence-corrected chi connectivity index (χ3v) is 11.1. The fraction of sp³-hybridized carbons (Fsp3) is 0. The zero-order chi connectivity index (χ0) is 32.8. The number of hydrogen-bond donors (Lipinski definition) is 0. The Labute approximate surface area is 289 Å². The molecule has 3 aromatic heterocycles. The number of para-hydroxylation sites is 2. The molecule has 0 aliphatic carbocycles. The van der Waals surface area contributed by atoms with Crippen molar-refractivity contribution in [1.82, 2.24) is 15.0 Å².